The number of rotatable bonds is 7. The maximum Gasteiger partial charge on any atom is 0.250 e. The van der Waals surface area contributed by atoms with E-state index >= 15 is 0 Å². The molecule has 0 bridgehead atoms. The van der Waals surface area contributed by atoms with E-state index in [1.165, 1.54) is 11.3 Å². The van der Waals surface area contributed by atoms with E-state index in [2.05, 4.69) is 4.72 Å². The number of hydrogen-bond donors (Lipinski definition) is 1. The number of hydrogen-bond acceptors (Lipinski definition) is 4. The minimum atomic E-state index is -3.45. The average Bonchev–Trinajstić information content (AvgIpc) is 2.96. The van der Waals surface area contributed by atoms with Crippen molar-refractivity contribution in [2.45, 2.75) is 36.9 Å². The van der Waals surface area contributed by atoms with Gasteiger partial charge in [-0.1, -0.05) is 19.1 Å². The molecular formula is C16H21NO3S2. The van der Waals surface area contributed by atoms with Crippen LogP contribution in [0.1, 0.15) is 24.3 Å². The van der Waals surface area contributed by atoms with E-state index in [0.717, 1.165) is 22.6 Å². The molecule has 6 heteroatoms. The van der Waals surface area contributed by atoms with Gasteiger partial charge in [-0.25, -0.2) is 13.1 Å². The minimum absolute atomic E-state index is 0.190. The predicted octanol–water partition coefficient (Wildman–Crippen LogP) is 3.23. The summed E-state index contributed by atoms with van der Waals surface area (Å²) >= 11 is 1.32. The molecule has 2 aromatic rings. The van der Waals surface area contributed by atoms with Gasteiger partial charge in [0.25, 0.3) is 0 Å². The predicted molar refractivity (Wildman–Crippen MR) is 90.2 cm³/mol. The Labute approximate surface area is 136 Å². The Morgan fingerprint density at radius 1 is 1.27 bits per heavy atom. The van der Waals surface area contributed by atoms with Crippen molar-refractivity contribution < 1.29 is 13.2 Å². The van der Waals surface area contributed by atoms with E-state index in [4.69, 9.17) is 4.74 Å². The lowest BCUT2D eigenvalue weighted by Crippen LogP contribution is -2.33. The number of thiophene rings is 1. The molecule has 2 rings (SSSR count). The lowest BCUT2D eigenvalue weighted by atomic mass is 10.1. The van der Waals surface area contributed by atoms with E-state index < -0.39 is 10.0 Å². The molecule has 0 fully saturated rings. The highest BCUT2D eigenvalue weighted by Gasteiger charge is 2.19. The fourth-order valence-corrected chi connectivity index (χ4v) is 4.77. The summed E-state index contributed by atoms with van der Waals surface area (Å²) in [5.41, 5.74) is 1.04. The van der Waals surface area contributed by atoms with Gasteiger partial charge in [-0.3, -0.25) is 0 Å². The molecule has 0 amide bonds. The van der Waals surface area contributed by atoms with Gasteiger partial charge in [-0.2, -0.15) is 0 Å². The molecule has 1 atom stereocenters. The molecule has 22 heavy (non-hydrogen) atoms. The second-order valence-electron chi connectivity index (χ2n) is 5.15. The van der Waals surface area contributed by atoms with Gasteiger partial charge in [-0.05, 0) is 49.6 Å². The van der Waals surface area contributed by atoms with Gasteiger partial charge < -0.3 is 4.74 Å². The third kappa shape index (κ3) is 4.32. The van der Waals surface area contributed by atoms with Crippen LogP contribution in [0.25, 0.3) is 0 Å². The zero-order valence-electron chi connectivity index (χ0n) is 13.0. The van der Waals surface area contributed by atoms with Crippen molar-refractivity contribution in [2.75, 3.05) is 7.11 Å². The van der Waals surface area contributed by atoms with Crippen LogP contribution >= 0.6 is 11.3 Å². The third-order valence-corrected chi connectivity index (χ3v) is 6.59. The maximum atomic E-state index is 12.4. The second-order valence-corrected chi connectivity index (χ2v) is 8.26. The Bertz CT molecular complexity index is 722. The third-order valence-electron chi connectivity index (χ3n) is 3.28. The molecule has 0 spiro atoms. The zero-order chi connectivity index (χ0) is 16.2. The quantitative estimate of drug-likeness (QED) is 0.842. The van der Waals surface area contributed by atoms with E-state index in [-0.39, 0.29) is 6.04 Å². The van der Waals surface area contributed by atoms with Gasteiger partial charge in [0.1, 0.15) is 9.96 Å². The molecule has 0 aliphatic heterocycles. The van der Waals surface area contributed by atoms with Crippen LogP contribution in [-0.2, 0) is 22.9 Å². The highest BCUT2D eigenvalue weighted by atomic mass is 32.2. The molecule has 0 radical (unpaired) electrons. The highest BCUT2D eigenvalue weighted by Crippen LogP contribution is 2.22. The van der Waals surface area contributed by atoms with Crippen LogP contribution in [0.15, 0.2) is 40.6 Å². The van der Waals surface area contributed by atoms with Crippen molar-refractivity contribution in [3.05, 3.63) is 46.8 Å². The summed E-state index contributed by atoms with van der Waals surface area (Å²) in [5, 5.41) is 0. The highest BCUT2D eigenvalue weighted by molar-refractivity contribution is 7.91. The van der Waals surface area contributed by atoms with Crippen LogP contribution in [0.4, 0.5) is 0 Å². The molecule has 1 unspecified atom stereocenters. The van der Waals surface area contributed by atoms with Crippen molar-refractivity contribution in [2.24, 2.45) is 0 Å². The normalized spacial score (nSPS) is 13.0. The Balaban J connectivity index is 2.05. The number of ether oxygens (including phenoxy) is 1. The molecule has 1 heterocycles. The standard InChI is InChI=1S/C16H21NO3S2/c1-4-15-8-9-16(21-15)22(18,19)17-12(2)10-13-6-5-7-14(11-13)20-3/h5-9,11-12,17H,4,10H2,1-3H3. The first-order valence-corrected chi connectivity index (χ1v) is 9.48. The molecule has 1 aromatic heterocycles. The lowest BCUT2D eigenvalue weighted by molar-refractivity contribution is 0.414. The fourth-order valence-electron chi connectivity index (χ4n) is 2.21. The van der Waals surface area contributed by atoms with Gasteiger partial charge in [0.05, 0.1) is 7.11 Å². The molecule has 1 aromatic carbocycles. The largest absolute Gasteiger partial charge is 0.497 e. The Morgan fingerprint density at radius 3 is 2.68 bits per heavy atom. The average molecular weight is 339 g/mol. The molecule has 0 saturated heterocycles. The van der Waals surface area contributed by atoms with Crippen LogP contribution in [0.3, 0.4) is 0 Å². The summed E-state index contributed by atoms with van der Waals surface area (Å²) < 4.78 is 33.0. The summed E-state index contributed by atoms with van der Waals surface area (Å²) in [6.45, 7) is 3.88. The summed E-state index contributed by atoms with van der Waals surface area (Å²) in [6.07, 6.45) is 1.46. The van der Waals surface area contributed by atoms with Crippen LogP contribution in [0.5, 0.6) is 5.75 Å². The molecule has 120 valence electrons. The lowest BCUT2D eigenvalue weighted by Gasteiger charge is -2.14. The van der Waals surface area contributed by atoms with Gasteiger partial charge >= 0.3 is 0 Å². The van der Waals surface area contributed by atoms with Gasteiger partial charge in [0.2, 0.25) is 10.0 Å². The number of aryl methyl sites for hydroxylation is 1. The summed E-state index contributed by atoms with van der Waals surface area (Å²) in [5.74, 6) is 0.776. The number of methoxy groups -OCH3 is 1. The van der Waals surface area contributed by atoms with Crippen LogP contribution in [-0.4, -0.2) is 21.6 Å². The van der Waals surface area contributed by atoms with E-state index in [9.17, 15) is 8.42 Å². The first kappa shape index (κ1) is 17.0. The Hall–Kier alpha value is -1.37. The van der Waals surface area contributed by atoms with Gasteiger partial charge in [0, 0.05) is 10.9 Å². The molecule has 1 N–H and O–H groups in total. The first-order chi connectivity index (χ1) is 10.4. The maximum absolute atomic E-state index is 12.4. The van der Waals surface area contributed by atoms with Crippen molar-refractivity contribution in [1.82, 2.24) is 4.72 Å². The summed E-state index contributed by atoms with van der Waals surface area (Å²) in [4.78, 5) is 1.07. The smallest absolute Gasteiger partial charge is 0.250 e. The molecule has 4 nitrogen and oxygen atoms in total. The van der Waals surface area contributed by atoms with Gasteiger partial charge in [0.15, 0.2) is 0 Å². The van der Waals surface area contributed by atoms with E-state index in [0.29, 0.717) is 10.6 Å². The number of sulfonamides is 1. The Morgan fingerprint density at radius 2 is 2.05 bits per heavy atom. The number of nitrogens with one attached hydrogen (secondary N) is 1. The summed E-state index contributed by atoms with van der Waals surface area (Å²) in [6, 6.07) is 11.0. The SMILES string of the molecule is CCc1ccc(S(=O)(=O)NC(C)Cc2cccc(OC)c2)s1. The number of benzene rings is 1. The second kappa shape index (κ2) is 7.26. The summed E-state index contributed by atoms with van der Waals surface area (Å²) in [7, 11) is -1.83. The first-order valence-electron chi connectivity index (χ1n) is 7.18. The molecule has 0 saturated carbocycles. The van der Waals surface area contributed by atoms with Crippen molar-refractivity contribution in [3.63, 3.8) is 0 Å². The van der Waals surface area contributed by atoms with E-state index in [1.54, 1.807) is 13.2 Å². The molecule has 0 aliphatic rings. The van der Waals surface area contributed by atoms with Crippen molar-refractivity contribution in [3.8, 4) is 5.75 Å². The topological polar surface area (TPSA) is 55.4 Å². The van der Waals surface area contributed by atoms with E-state index in [1.807, 2.05) is 44.2 Å². The van der Waals surface area contributed by atoms with Crippen LogP contribution in [0, 0.1) is 0 Å². The fraction of sp³-hybridized carbons (Fsp3) is 0.375. The van der Waals surface area contributed by atoms with Crippen molar-refractivity contribution in [1.29, 1.82) is 0 Å². The molecular weight excluding hydrogens is 318 g/mol. The van der Waals surface area contributed by atoms with Gasteiger partial charge in [-0.15, -0.1) is 11.3 Å². The Kier molecular flexibility index (Phi) is 5.61. The monoisotopic (exact) mass is 339 g/mol. The minimum Gasteiger partial charge on any atom is -0.497 e. The van der Waals surface area contributed by atoms with Crippen LogP contribution < -0.4 is 9.46 Å². The van der Waals surface area contributed by atoms with Crippen molar-refractivity contribution >= 4 is 21.4 Å². The zero-order valence-corrected chi connectivity index (χ0v) is 14.6. The van der Waals surface area contributed by atoms with Crippen LogP contribution in [0.2, 0.25) is 0 Å². The molecule has 0 aliphatic carbocycles.